The van der Waals surface area contributed by atoms with Crippen molar-refractivity contribution in [2.45, 2.75) is 252 Å². The van der Waals surface area contributed by atoms with Crippen molar-refractivity contribution in [2.24, 2.45) is 0 Å². The summed E-state index contributed by atoms with van der Waals surface area (Å²) in [5.74, 6) is -1.00. The third-order valence-electron chi connectivity index (χ3n) is 11.7. The van der Waals surface area contributed by atoms with Crippen molar-refractivity contribution in [1.29, 1.82) is 0 Å². The van der Waals surface area contributed by atoms with Gasteiger partial charge in [-0.25, -0.2) is 0 Å². The van der Waals surface area contributed by atoms with Crippen molar-refractivity contribution in [2.75, 3.05) is 13.2 Å². The zero-order valence-electron chi connectivity index (χ0n) is 45.2. The van der Waals surface area contributed by atoms with Gasteiger partial charge in [0.15, 0.2) is 6.10 Å². The second-order valence-electron chi connectivity index (χ2n) is 18.4. The first kappa shape index (κ1) is 65.8. The Morgan fingerprint density at radius 2 is 0.571 bits per heavy atom. The van der Waals surface area contributed by atoms with Gasteiger partial charge in [-0.15, -0.1) is 0 Å². The van der Waals surface area contributed by atoms with Crippen molar-refractivity contribution in [3.05, 3.63) is 122 Å². The standard InChI is InChI=1S/C64H104O6/c1-4-7-10-13-16-19-22-25-27-29-30-31-32-33-34-35-37-39-42-45-48-51-54-57-63(66)69-60-61(59-68-62(65)56-53-50-47-44-41-38-24-21-18-15-12-9-6-3)70-64(67)58-55-52-49-46-43-40-36-28-26-23-20-17-14-11-8-5-2/h7,9-10,12,16,18-19,21,25,27,30-31,33-34,37-39,41,45,48,61H,4-6,8,11,13-15,17,20,22-24,26,28-29,32,35-36,40,42-44,46-47,49-60H2,1-3H3/b10-7-,12-9-,19-16-,21-18-,27-25-,31-30-,34-33-,39-37-,41-38-,48-45-. The highest BCUT2D eigenvalue weighted by Crippen LogP contribution is 2.15. The quantitative estimate of drug-likeness (QED) is 0.0262. The Bertz CT molecular complexity index is 1490. The highest BCUT2D eigenvalue weighted by atomic mass is 16.6. The van der Waals surface area contributed by atoms with Crippen LogP contribution in [0, 0.1) is 0 Å². The molecule has 0 saturated carbocycles. The average molecular weight is 970 g/mol. The number of allylic oxidation sites excluding steroid dienone is 20. The van der Waals surface area contributed by atoms with Gasteiger partial charge in [0, 0.05) is 19.3 Å². The Hall–Kier alpha value is -4.19. The van der Waals surface area contributed by atoms with Crippen LogP contribution in [0.2, 0.25) is 0 Å². The summed E-state index contributed by atoms with van der Waals surface area (Å²) in [6.45, 7) is 6.34. The zero-order chi connectivity index (χ0) is 50.7. The molecule has 6 nitrogen and oxygen atoms in total. The summed E-state index contributed by atoms with van der Waals surface area (Å²) in [7, 11) is 0. The van der Waals surface area contributed by atoms with Crippen LogP contribution in [-0.4, -0.2) is 37.2 Å². The van der Waals surface area contributed by atoms with Crippen LogP contribution in [0.4, 0.5) is 0 Å². The van der Waals surface area contributed by atoms with Crippen LogP contribution >= 0.6 is 0 Å². The fraction of sp³-hybridized carbons (Fsp3) is 0.641. The largest absolute Gasteiger partial charge is 0.462 e. The summed E-state index contributed by atoms with van der Waals surface area (Å²) in [5.41, 5.74) is 0. The van der Waals surface area contributed by atoms with Gasteiger partial charge < -0.3 is 14.2 Å². The number of esters is 3. The molecule has 0 saturated heterocycles. The lowest BCUT2D eigenvalue weighted by Gasteiger charge is -2.18. The molecule has 0 bridgehead atoms. The lowest BCUT2D eigenvalue weighted by Crippen LogP contribution is -2.30. The summed E-state index contributed by atoms with van der Waals surface area (Å²) in [5, 5.41) is 0. The summed E-state index contributed by atoms with van der Waals surface area (Å²) in [6.07, 6.45) is 79.1. The van der Waals surface area contributed by atoms with Crippen molar-refractivity contribution in [3.8, 4) is 0 Å². The molecule has 0 fully saturated rings. The van der Waals surface area contributed by atoms with Gasteiger partial charge in [0.25, 0.3) is 0 Å². The first-order chi connectivity index (χ1) is 34.5. The summed E-state index contributed by atoms with van der Waals surface area (Å²) >= 11 is 0. The van der Waals surface area contributed by atoms with Gasteiger partial charge in [0.05, 0.1) is 0 Å². The van der Waals surface area contributed by atoms with E-state index in [9.17, 15) is 14.4 Å². The highest BCUT2D eigenvalue weighted by Gasteiger charge is 2.19. The second-order valence-corrected chi connectivity index (χ2v) is 18.4. The fourth-order valence-electron chi connectivity index (χ4n) is 7.50. The van der Waals surface area contributed by atoms with Gasteiger partial charge >= 0.3 is 17.9 Å². The van der Waals surface area contributed by atoms with Crippen LogP contribution in [0.15, 0.2) is 122 Å². The van der Waals surface area contributed by atoms with Gasteiger partial charge in [-0.3, -0.25) is 14.4 Å². The van der Waals surface area contributed by atoms with Crippen molar-refractivity contribution < 1.29 is 28.6 Å². The maximum atomic E-state index is 12.8. The fourth-order valence-corrected chi connectivity index (χ4v) is 7.50. The van der Waals surface area contributed by atoms with E-state index < -0.39 is 6.10 Å². The summed E-state index contributed by atoms with van der Waals surface area (Å²) in [6, 6.07) is 0. The smallest absolute Gasteiger partial charge is 0.306 e. The van der Waals surface area contributed by atoms with Gasteiger partial charge in [0.2, 0.25) is 0 Å². The van der Waals surface area contributed by atoms with Crippen LogP contribution in [-0.2, 0) is 28.6 Å². The molecule has 0 radical (unpaired) electrons. The molecule has 0 spiro atoms. The van der Waals surface area contributed by atoms with Gasteiger partial charge in [-0.1, -0.05) is 245 Å². The molecule has 1 atom stereocenters. The third-order valence-corrected chi connectivity index (χ3v) is 11.7. The predicted molar refractivity (Wildman–Crippen MR) is 302 cm³/mol. The minimum atomic E-state index is -0.815. The molecule has 0 aromatic carbocycles. The number of carbonyl (C=O) groups is 3. The van der Waals surface area contributed by atoms with E-state index in [-0.39, 0.29) is 37.5 Å². The van der Waals surface area contributed by atoms with Crippen LogP contribution in [0.3, 0.4) is 0 Å². The van der Waals surface area contributed by atoms with E-state index >= 15 is 0 Å². The molecule has 0 heterocycles. The van der Waals surface area contributed by atoms with Crippen molar-refractivity contribution >= 4 is 17.9 Å². The van der Waals surface area contributed by atoms with Crippen LogP contribution in [0.25, 0.3) is 0 Å². The average Bonchev–Trinajstić information content (AvgIpc) is 3.36. The van der Waals surface area contributed by atoms with Crippen LogP contribution < -0.4 is 0 Å². The van der Waals surface area contributed by atoms with Gasteiger partial charge in [0.1, 0.15) is 13.2 Å². The van der Waals surface area contributed by atoms with Crippen molar-refractivity contribution in [1.82, 2.24) is 0 Å². The number of carbonyl (C=O) groups excluding carboxylic acids is 3. The van der Waals surface area contributed by atoms with Crippen LogP contribution in [0.1, 0.15) is 245 Å². The number of unbranched alkanes of at least 4 members (excludes halogenated alkanes) is 19. The molecule has 0 aromatic heterocycles. The normalized spacial score (nSPS) is 13.0. The minimum Gasteiger partial charge on any atom is -0.462 e. The molecule has 1 unspecified atom stereocenters. The monoisotopic (exact) mass is 969 g/mol. The Kier molecular flexibility index (Phi) is 54.0. The SMILES string of the molecule is CC/C=C\C/C=C\C/C=C\C/C=C\C/C=C\C/C=C\C/C=C\CCCC(=O)OCC(COC(=O)CCCCC/C=C\C/C=C\C/C=C\CC)OC(=O)CCCCCCCCCCCCCCCCCC. The first-order valence-electron chi connectivity index (χ1n) is 28.5. The molecule has 6 heteroatoms. The van der Waals surface area contributed by atoms with E-state index in [1.54, 1.807) is 0 Å². The molecule has 70 heavy (non-hydrogen) atoms. The molecule has 0 N–H and O–H groups in total. The first-order valence-corrected chi connectivity index (χ1v) is 28.5. The highest BCUT2D eigenvalue weighted by molar-refractivity contribution is 5.71. The number of ether oxygens (including phenoxy) is 3. The molecule has 0 amide bonds. The number of hydrogen-bond acceptors (Lipinski definition) is 6. The van der Waals surface area contributed by atoms with E-state index in [0.717, 1.165) is 116 Å². The van der Waals surface area contributed by atoms with E-state index in [4.69, 9.17) is 14.2 Å². The Balaban J connectivity index is 4.49. The summed E-state index contributed by atoms with van der Waals surface area (Å²) < 4.78 is 16.8. The minimum absolute atomic E-state index is 0.112. The lowest BCUT2D eigenvalue weighted by molar-refractivity contribution is -0.167. The van der Waals surface area contributed by atoms with E-state index in [2.05, 4.69) is 142 Å². The zero-order valence-corrected chi connectivity index (χ0v) is 45.2. The second kappa shape index (κ2) is 57.4. The van der Waals surface area contributed by atoms with E-state index in [0.29, 0.717) is 19.3 Å². The molecule has 0 aliphatic carbocycles. The van der Waals surface area contributed by atoms with Gasteiger partial charge in [-0.2, -0.15) is 0 Å². The Morgan fingerprint density at radius 1 is 0.300 bits per heavy atom. The van der Waals surface area contributed by atoms with Crippen molar-refractivity contribution in [3.63, 3.8) is 0 Å². The number of rotatable bonds is 50. The number of hydrogen-bond donors (Lipinski definition) is 0. The predicted octanol–water partition coefficient (Wildman–Crippen LogP) is 19.3. The Labute approximate surface area is 431 Å². The molecular weight excluding hydrogens is 865 g/mol. The molecule has 0 rings (SSSR count). The summed E-state index contributed by atoms with van der Waals surface area (Å²) in [4.78, 5) is 38.1. The van der Waals surface area contributed by atoms with Gasteiger partial charge in [-0.05, 0) is 103 Å². The molecular formula is C64H104O6. The van der Waals surface area contributed by atoms with Crippen LogP contribution in [0.5, 0.6) is 0 Å². The van der Waals surface area contributed by atoms with E-state index in [1.165, 1.54) is 83.5 Å². The maximum Gasteiger partial charge on any atom is 0.306 e. The topological polar surface area (TPSA) is 78.9 Å². The molecule has 396 valence electrons. The Morgan fingerprint density at radius 3 is 0.929 bits per heavy atom. The molecule has 0 aromatic rings. The molecule has 0 aliphatic heterocycles. The maximum absolute atomic E-state index is 12.8. The third kappa shape index (κ3) is 54.7. The molecule has 0 aliphatic rings. The van der Waals surface area contributed by atoms with E-state index in [1.807, 2.05) is 0 Å². The lowest BCUT2D eigenvalue weighted by atomic mass is 10.0.